The summed E-state index contributed by atoms with van der Waals surface area (Å²) < 4.78 is 5.89. The first-order chi connectivity index (χ1) is 17.9. The lowest BCUT2D eigenvalue weighted by Gasteiger charge is -2.28. The second-order valence-corrected chi connectivity index (χ2v) is 11.2. The van der Waals surface area contributed by atoms with Crippen molar-refractivity contribution >= 4 is 17.7 Å². The Morgan fingerprint density at radius 1 is 1.16 bits per heavy atom. The molecule has 0 heterocycles. The van der Waals surface area contributed by atoms with E-state index in [1.807, 2.05) is 63.6 Å². The summed E-state index contributed by atoms with van der Waals surface area (Å²) in [5.41, 5.74) is 1.15. The summed E-state index contributed by atoms with van der Waals surface area (Å²) in [4.78, 5) is 35.7. The monoisotopic (exact) mass is 530 g/mol. The number of quaternary nitrogens is 1. The van der Waals surface area contributed by atoms with E-state index in [-0.39, 0.29) is 36.9 Å². The van der Waals surface area contributed by atoms with Crippen molar-refractivity contribution in [2.45, 2.75) is 69.7 Å². The Hall–Kier alpha value is -2.81. The van der Waals surface area contributed by atoms with Crippen LogP contribution in [0.4, 0.5) is 0 Å². The van der Waals surface area contributed by atoms with Gasteiger partial charge in [0.05, 0.1) is 39.8 Å². The molecule has 0 amide bonds. The summed E-state index contributed by atoms with van der Waals surface area (Å²) >= 11 is 0. The summed E-state index contributed by atoms with van der Waals surface area (Å²) in [5, 5.41) is 29.8. The van der Waals surface area contributed by atoms with Gasteiger partial charge in [0.15, 0.2) is 6.10 Å². The van der Waals surface area contributed by atoms with Crippen LogP contribution in [-0.2, 0) is 25.5 Å². The molecule has 5 atom stereocenters. The molecule has 1 aliphatic rings. The van der Waals surface area contributed by atoms with Crippen LogP contribution in [0.15, 0.2) is 54.6 Å². The standard InChI is InChI=1S/C30H43NO7/c1-31(2,3)21-24(19-29(35)36)38-30(37)14-10-5-4-9-13-25-26(28(34)20-27(25)33)18-17-23(32)16-15-22-11-7-6-8-12-22/h4,6-9,11-12,17-18,23-26,28,32,34H,5,10,13-16,19-21H2,1-3H3/p+1/b9-4+,18-17+. The number of ketones is 1. The minimum atomic E-state index is -0.999. The predicted octanol–water partition coefficient (Wildman–Crippen LogP) is 3.31. The maximum atomic E-state index is 12.4. The highest BCUT2D eigenvalue weighted by atomic mass is 16.5. The van der Waals surface area contributed by atoms with Gasteiger partial charge in [0.2, 0.25) is 0 Å². The number of benzene rings is 1. The van der Waals surface area contributed by atoms with Crippen LogP contribution in [0.3, 0.4) is 0 Å². The number of aliphatic hydroxyl groups is 2. The third-order valence-corrected chi connectivity index (χ3v) is 6.62. The Morgan fingerprint density at radius 3 is 2.53 bits per heavy atom. The maximum absolute atomic E-state index is 12.4. The Labute approximate surface area is 226 Å². The minimum absolute atomic E-state index is 0.0147. The number of likely N-dealkylation sites (N-methyl/N-ethyl adjacent to an activating group) is 1. The van der Waals surface area contributed by atoms with Crippen LogP contribution in [0.25, 0.3) is 0 Å². The topological polar surface area (TPSA) is 121 Å². The van der Waals surface area contributed by atoms with Crippen molar-refractivity contribution < 1.29 is 38.9 Å². The van der Waals surface area contributed by atoms with Crippen molar-refractivity contribution in [2.24, 2.45) is 11.8 Å². The molecule has 1 aromatic carbocycles. The molecule has 2 rings (SSSR count). The van der Waals surface area contributed by atoms with Crippen LogP contribution in [0.2, 0.25) is 0 Å². The summed E-state index contributed by atoms with van der Waals surface area (Å²) in [7, 11) is 5.74. The quantitative estimate of drug-likeness (QED) is 0.130. The zero-order valence-electron chi connectivity index (χ0n) is 22.9. The lowest BCUT2D eigenvalue weighted by molar-refractivity contribution is -0.873. The number of carboxylic acids is 1. The molecule has 0 saturated heterocycles. The van der Waals surface area contributed by atoms with Crippen molar-refractivity contribution in [1.29, 1.82) is 0 Å². The molecule has 0 radical (unpaired) electrons. The van der Waals surface area contributed by atoms with Crippen LogP contribution >= 0.6 is 0 Å². The second-order valence-electron chi connectivity index (χ2n) is 11.2. The van der Waals surface area contributed by atoms with Crippen molar-refractivity contribution in [3.8, 4) is 0 Å². The molecule has 8 nitrogen and oxygen atoms in total. The van der Waals surface area contributed by atoms with Gasteiger partial charge in [-0.1, -0.05) is 54.6 Å². The van der Waals surface area contributed by atoms with Gasteiger partial charge in [-0.15, -0.1) is 0 Å². The van der Waals surface area contributed by atoms with Crippen molar-refractivity contribution in [3.63, 3.8) is 0 Å². The molecule has 8 heteroatoms. The summed E-state index contributed by atoms with van der Waals surface area (Å²) in [5.74, 6) is -2.07. The van der Waals surface area contributed by atoms with Gasteiger partial charge in [-0.25, -0.2) is 0 Å². The number of rotatable bonds is 16. The molecule has 38 heavy (non-hydrogen) atoms. The van der Waals surface area contributed by atoms with Crippen LogP contribution < -0.4 is 0 Å². The number of allylic oxidation sites excluding steroid dienone is 2. The highest BCUT2D eigenvalue weighted by Crippen LogP contribution is 2.33. The van der Waals surface area contributed by atoms with Crippen molar-refractivity contribution in [1.82, 2.24) is 0 Å². The number of carbonyl (C=O) groups is 3. The number of unbranched alkanes of at least 4 members (excludes halogenated alkanes) is 1. The molecular weight excluding hydrogens is 486 g/mol. The number of ether oxygens (including phenoxy) is 1. The third kappa shape index (κ3) is 12.2. The Balaban J connectivity index is 1.76. The predicted molar refractivity (Wildman–Crippen MR) is 145 cm³/mol. The number of hydrogen-bond acceptors (Lipinski definition) is 6. The molecule has 0 spiro atoms. The van der Waals surface area contributed by atoms with E-state index in [0.717, 1.165) is 12.0 Å². The van der Waals surface area contributed by atoms with Crippen molar-refractivity contribution in [3.05, 3.63) is 60.2 Å². The van der Waals surface area contributed by atoms with Gasteiger partial charge in [-0.05, 0) is 37.7 Å². The van der Waals surface area contributed by atoms with Gasteiger partial charge in [0.1, 0.15) is 12.3 Å². The number of carboxylic acid groups (broad SMARTS) is 1. The number of nitrogens with zero attached hydrogens (tertiary/aromatic N) is 1. The fraction of sp³-hybridized carbons (Fsp3) is 0.567. The summed E-state index contributed by atoms with van der Waals surface area (Å²) in [6.45, 7) is 0.416. The summed E-state index contributed by atoms with van der Waals surface area (Å²) in [6, 6.07) is 9.92. The highest BCUT2D eigenvalue weighted by molar-refractivity contribution is 5.84. The van der Waals surface area contributed by atoms with Gasteiger partial charge >= 0.3 is 11.9 Å². The highest BCUT2D eigenvalue weighted by Gasteiger charge is 2.39. The first-order valence-corrected chi connectivity index (χ1v) is 13.4. The largest absolute Gasteiger partial charge is 0.481 e. The molecule has 3 N–H and O–H groups in total. The molecular formula is C30H44NO7+. The van der Waals surface area contributed by atoms with Crippen LogP contribution in [0.1, 0.15) is 50.5 Å². The van der Waals surface area contributed by atoms with E-state index in [1.165, 1.54) is 0 Å². The number of aliphatic carboxylic acids is 1. The third-order valence-electron chi connectivity index (χ3n) is 6.62. The fourth-order valence-electron chi connectivity index (χ4n) is 4.76. The molecule has 0 bridgehead atoms. The van der Waals surface area contributed by atoms with Gasteiger partial charge in [0, 0.05) is 24.7 Å². The molecule has 1 aliphatic carbocycles. The number of aryl methyl sites for hydroxylation is 1. The van der Waals surface area contributed by atoms with Gasteiger partial charge in [0.25, 0.3) is 0 Å². The van der Waals surface area contributed by atoms with E-state index in [1.54, 1.807) is 12.2 Å². The van der Waals surface area contributed by atoms with Crippen molar-refractivity contribution in [2.75, 3.05) is 27.7 Å². The average molecular weight is 531 g/mol. The number of hydrogen-bond donors (Lipinski definition) is 3. The Bertz CT molecular complexity index is 951. The molecule has 0 aliphatic heterocycles. The molecule has 0 aromatic heterocycles. The summed E-state index contributed by atoms with van der Waals surface area (Å²) in [6.07, 6.45) is 8.28. The van der Waals surface area contributed by atoms with Crippen LogP contribution in [-0.4, -0.2) is 83.5 Å². The number of aliphatic hydroxyl groups excluding tert-OH is 2. The van der Waals surface area contributed by atoms with E-state index in [9.17, 15) is 24.6 Å². The van der Waals surface area contributed by atoms with E-state index in [2.05, 4.69) is 0 Å². The fourth-order valence-corrected chi connectivity index (χ4v) is 4.76. The lowest BCUT2D eigenvalue weighted by Crippen LogP contribution is -2.43. The first-order valence-electron chi connectivity index (χ1n) is 13.4. The van der Waals surface area contributed by atoms with E-state index < -0.39 is 30.3 Å². The Kier molecular flexibility index (Phi) is 12.9. The minimum Gasteiger partial charge on any atom is -0.481 e. The van der Waals surface area contributed by atoms with Gasteiger partial charge in [-0.3, -0.25) is 14.4 Å². The zero-order valence-corrected chi connectivity index (χ0v) is 22.9. The second kappa shape index (κ2) is 15.6. The van der Waals surface area contributed by atoms with Gasteiger partial charge in [-0.2, -0.15) is 0 Å². The number of Topliss-reactive ketones (excluding diaryl/α,β-unsaturated/α-hetero) is 1. The van der Waals surface area contributed by atoms with Crippen LogP contribution in [0, 0.1) is 11.8 Å². The normalized spacial score (nSPS) is 21.7. The lowest BCUT2D eigenvalue weighted by atomic mass is 9.90. The number of carbonyl (C=O) groups excluding carboxylic acids is 2. The van der Waals surface area contributed by atoms with E-state index in [4.69, 9.17) is 9.84 Å². The van der Waals surface area contributed by atoms with Gasteiger partial charge < -0.3 is 24.5 Å². The molecule has 1 fully saturated rings. The molecule has 5 unspecified atom stereocenters. The van der Waals surface area contributed by atoms with Crippen LogP contribution in [0.5, 0.6) is 0 Å². The first kappa shape index (κ1) is 31.4. The number of esters is 1. The molecule has 1 saturated carbocycles. The maximum Gasteiger partial charge on any atom is 0.307 e. The van der Waals surface area contributed by atoms with E-state index >= 15 is 0 Å². The molecule has 210 valence electrons. The van der Waals surface area contributed by atoms with E-state index in [0.29, 0.717) is 36.7 Å². The zero-order chi connectivity index (χ0) is 28.1. The molecule has 1 aromatic rings. The SMILES string of the molecule is C[N+](C)(C)CC(CC(=O)O)OC(=O)CCC/C=C/CC1C(=O)CC(O)C1/C=C/C(O)CCc1ccccc1. The Morgan fingerprint density at radius 2 is 1.87 bits per heavy atom. The smallest absolute Gasteiger partial charge is 0.307 e. The average Bonchev–Trinajstić information content (AvgIpc) is 3.09.